The molecule has 0 atom stereocenters. The van der Waals surface area contributed by atoms with Crippen LogP contribution in [-0.4, -0.2) is 20.1 Å². The molecule has 0 radical (unpaired) electrons. The summed E-state index contributed by atoms with van der Waals surface area (Å²) in [5.74, 6) is 0. The zero-order valence-corrected chi connectivity index (χ0v) is 14.1. The first-order valence-corrected chi connectivity index (χ1v) is 7.61. The van der Waals surface area contributed by atoms with Crippen LogP contribution in [0.15, 0.2) is 59.2 Å². The predicted octanol–water partition coefficient (Wildman–Crippen LogP) is 4.31. The van der Waals surface area contributed by atoms with Crippen LogP contribution in [0.1, 0.15) is 5.56 Å². The van der Waals surface area contributed by atoms with Gasteiger partial charge in [0.25, 0.3) is 0 Å². The number of carbonyl (C=O) groups excluding carboxylic acids is 1. The first-order chi connectivity index (χ1) is 10.5. The van der Waals surface area contributed by atoms with Crippen LogP contribution in [0.5, 0.6) is 0 Å². The summed E-state index contributed by atoms with van der Waals surface area (Å²) in [5.41, 5.74) is 2.85. The normalized spacial score (nSPS) is 10.5. The largest absolute Gasteiger partial charge is 0.378 e. The van der Waals surface area contributed by atoms with Crippen molar-refractivity contribution in [1.82, 2.24) is 5.32 Å². The molecule has 2 amide bonds. The standard InChI is InChI=1S/C17H18BrN3O/c1-21(2)16-9-7-15(8-10-16)20-17(22)19-12-11-13-3-5-14(18)6-4-13/h3-12H,1-2H3,(H2,19,20,22)/b12-11+. The zero-order valence-electron chi connectivity index (χ0n) is 12.5. The van der Waals surface area contributed by atoms with Crippen molar-refractivity contribution in [1.29, 1.82) is 0 Å². The van der Waals surface area contributed by atoms with Gasteiger partial charge in [-0.2, -0.15) is 0 Å². The van der Waals surface area contributed by atoms with Crippen molar-refractivity contribution in [2.75, 3.05) is 24.3 Å². The molecule has 0 saturated heterocycles. The van der Waals surface area contributed by atoms with Crippen LogP contribution in [0, 0.1) is 0 Å². The topological polar surface area (TPSA) is 44.4 Å². The molecule has 0 fully saturated rings. The Kier molecular flexibility index (Phi) is 5.61. The van der Waals surface area contributed by atoms with Crippen molar-refractivity contribution in [3.63, 3.8) is 0 Å². The molecule has 0 aliphatic heterocycles. The van der Waals surface area contributed by atoms with E-state index in [-0.39, 0.29) is 6.03 Å². The highest BCUT2D eigenvalue weighted by molar-refractivity contribution is 9.10. The Morgan fingerprint density at radius 1 is 1.05 bits per heavy atom. The molecule has 0 bridgehead atoms. The van der Waals surface area contributed by atoms with Gasteiger partial charge < -0.3 is 15.5 Å². The van der Waals surface area contributed by atoms with Gasteiger partial charge in [-0.3, -0.25) is 0 Å². The van der Waals surface area contributed by atoms with E-state index in [4.69, 9.17) is 0 Å². The molecule has 0 unspecified atom stereocenters. The summed E-state index contributed by atoms with van der Waals surface area (Å²) < 4.78 is 1.02. The maximum atomic E-state index is 11.8. The summed E-state index contributed by atoms with van der Waals surface area (Å²) in [5, 5.41) is 5.46. The van der Waals surface area contributed by atoms with E-state index in [9.17, 15) is 4.79 Å². The molecule has 5 heteroatoms. The fourth-order valence-corrected chi connectivity index (χ4v) is 2.06. The highest BCUT2D eigenvalue weighted by Crippen LogP contribution is 2.15. The zero-order chi connectivity index (χ0) is 15.9. The lowest BCUT2D eigenvalue weighted by Gasteiger charge is -2.12. The second kappa shape index (κ2) is 7.66. The number of amides is 2. The summed E-state index contributed by atoms with van der Waals surface area (Å²) in [7, 11) is 3.95. The van der Waals surface area contributed by atoms with E-state index in [2.05, 4.69) is 26.6 Å². The first kappa shape index (κ1) is 16.1. The Morgan fingerprint density at radius 3 is 2.27 bits per heavy atom. The minimum absolute atomic E-state index is 0.272. The smallest absolute Gasteiger partial charge is 0.323 e. The highest BCUT2D eigenvalue weighted by atomic mass is 79.9. The summed E-state index contributed by atoms with van der Waals surface area (Å²) in [6.45, 7) is 0. The Balaban J connectivity index is 1.86. The van der Waals surface area contributed by atoms with Gasteiger partial charge in [0, 0.05) is 36.1 Å². The lowest BCUT2D eigenvalue weighted by Crippen LogP contribution is -2.23. The van der Waals surface area contributed by atoms with Crippen LogP contribution in [0.2, 0.25) is 0 Å². The van der Waals surface area contributed by atoms with Crippen molar-refractivity contribution in [3.05, 3.63) is 64.8 Å². The van der Waals surface area contributed by atoms with Gasteiger partial charge in [-0.1, -0.05) is 28.1 Å². The monoisotopic (exact) mass is 359 g/mol. The van der Waals surface area contributed by atoms with E-state index in [1.807, 2.05) is 73.6 Å². The average molecular weight is 360 g/mol. The summed E-state index contributed by atoms with van der Waals surface area (Å²) in [6.07, 6.45) is 3.45. The van der Waals surface area contributed by atoms with Gasteiger partial charge in [0.15, 0.2) is 0 Å². The van der Waals surface area contributed by atoms with Crippen LogP contribution < -0.4 is 15.5 Å². The number of nitrogens with zero attached hydrogens (tertiary/aromatic N) is 1. The molecule has 0 aliphatic rings. The Morgan fingerprint density at radius 2 is 1.68 bits per heavy atom. The molecule has 0 heterocycles. The molecule has 0 aromatic heterocycles. The quantitative estimate of drug-likeness (QED) is 0.854. The van der Waals surface area contributed by atoms with Crippen molar-refractivity contribution < 1.29 is 4.79 Å². The fourth-order valence-electron chi connectivity index (χ4n) is 1.80. The van der Waals surface area contributed by atoms with Gasteiger partial charge in [0.2, 0.25) is 0 Å². The molecule has 4 nitrogen and oxygen atoms in total. The number of hydrogen-bond donors (Lipinski definition) is 2. The second-order valence-electron chi connectivity index (χ2n) is 4.92. The van der Waals surface area contributed by atoms with Crippen LogP contribution in [-0.2, 0) is 0 Å². The van der Waals surface area contributed by atoms with E-state index in [0.29, 0.717) is 0 Å². The molecule has 0 spiro atoms. The third kappa shape index (κ3) is 4.93. The van der Waals surface area contributed by atoms with Gasteiger partial charge in [-0.05, 0) is 48.0 Å². The molecule has 22 heavy (non-hydrogen) atoms. The number of nitrogens with one attached hydrogen (secondary N) is 2. The van der Waals surface area contributed by atoms with Crippen LogP contribution in [0.3, 0.4) is 0 Å². The van der Waals surface area contributed by atoms with Gasteiger partial charge in [-0.25, -0.2) is 4.79 Å². The van der Waals surface area contributed by atoms with Crippen molar-refractivity contribution in [2.24, 2.45) is 0 Å². The van der Waals surface area contributed by atoms with Crippen LogP contribution in [0.4, 0.5) is 16.2 Å². The van der Waals surface area contributed by atoms with E-state index in [0.717, 1.165) is 21.4 Å². The summed E-state index contributed by atoms with van der Waals surface area (Å²) >= 11 is 3.38. The summed E-state index contributed by atoms with van der Waals surface area (Å²) in [4.78, 5) is 13.8. The Labute approximate surface area is 139 Å². The van der Waals surface area contributed by atoms with E-state index in [1.54, 1.807) is 6.20 Å². The van der Waals surface area contributed by atoms with Crippen molar-refractivity contribution in [2.45, 2.75) is 0 Å². The first-order valence-electron chi connectivity index (χ1n) is 6.81. The number of urea groups is 1. The van der Waals surface area contributed by atoms with E-state index in [1.165, 1.54) is 0 Å². The summed E-state index contributed by atoms with van der Waals surface area (Å²) in [6, 6.07) is 15.2. The van der Waals surface area contributed by atoms with Gasteiger partial charge >= 0.3 is 6.03 Å². The number of benzene rings is 2. The predicted molar refractivity (Wildman–Crippen MR) is 96.1 cm³/mol. The number of halogens is 1. The Hall–Kier alpha value is -2.27. The lowest BCUT2D eigenvalue weighted by molar-refractivity contribution is 0.255. The fraction of sp³-hybridized carbons (Fsp3) is 0.118. The second-order valence-corrected chi connectivity index (χ2v) is 5.84. The molecule has 114 valence electrons. The lowest BCUT2D eigenvalue weighted by atomic mass is 10.2. The van der Waals surface area contributed by atoms with Crippen LogP contribution >= 0.6 is 15.9 Å². The molecular weight excluding hydrogens is 342 g/mol. The number of hydrogen-bond acceptors (Lipinski definition) is 2. The van der Waals surface area contributed by atoms with E-state index >= 15 is 0 Å². The molecular formula is C17H18BrN3O. The van der Waals surface area contributed by atoms with Crippen molar-refractivity contribution >= 4 is 39.4 Å². The minimum atomic E-state index is -0.272. The third-order valence-corrected chi connectivity index (χ3v) is 3.53. The van der Waals surface area contributed by atoms with Gasteiger partial charge in [0.05, 0.1) is 0 Å². The molecule has 2 N–H and O–H groups in total. The third-order valence-electron chi connectivity index (χ3n) is 3.00. The van der Waals surface area contributed by atoms with Crippen molar-refractivity contribution in [3.8, 4) is 0 Å². The SMILES string of the molecule is CN(C)c1ccc(NC(=O)N/C=C/c2ccc(Br)cc2)cc1. The molecule has 0 saturated carbocycles. The van der Waals surface area contributed by atoms with Gasteiger partial charge in [-0.15, -0.1) is 0 Å². The molecule has 2 aromatic rings. The number of anilines is 2. The van der Waals surface area contributed by atoms with E-state index < -0.39 is 0 Å². The van der Waals surface area contributed by atoms with Gasteiger partial charge in [0.1, 0.15) is 0 Å². The minimum Gasteiger partial charge on any atom is -0.378 e. The number of carbonyl (C=O) groups is 1. The number of rotatable bonds is 4. The average Bonchev–Trinajstić information content (AvgIpc) is 2.50. The Bertz CT molecular complexity index is 649. The maximum Gasteiger partial charge on any atom is 0.323 e. The maximum absolute atomic E-state index is 11.8. The highest BCUT2D eigenvalue weighted by Gasteiger charge is 2.00. The molecule has 2 aromatic carbocycles. The van der Waals surface area contributed by atoms with Crippen LogP contribution in [0.25, 0.3) is 6.08 Å². The molecule has 2 rings (SSSR count). The molecule has 0 aliphatic carbocycles.